The molecule has 0 bridgehead atoms. The molecule has 0 radical (unpaired) electrons. The highest BCUT2D eigenvalue weighted by Crippen LogP contribution is 2.34. The van der Waals surface area contributed by atoms with E-state index in [1.807, 2.05) is 19.1 Å². The molecule has 3 aromatic rings. The first-order chi connectivity index (χ1) is 16.0. The third kappa shape index (κ3) is 5.58. The molecule has 2 aromatic carbocycles. The van der Waals surface area contributed by atoms with Crippen LogP contribution in [0.15, 0.2) is 30.3 Å². The van der Waals surface area contributed by atoms with Gasteiger partial charge in [-0.3, -0.25) is 14.6 Å². The predicted octanol–water partition coefficient (Wildman–Crippen LogP) is 4.64. The van der Waals surface area contributed by atoms with Gasteiger partial charge < -0.3 is 14.2 Å². The van der Waals surface area contributed by atoms with E-state index in [2.05, 4.69) is 4.90 Å². The number of morpholine rings is 1. The molecule has 0 unspecified atom stereocenters. The van der Waals surface area contributed by atoms with Crippen LogP contribution < -0.4 is 14.4 Å². The Morgan fingerprint density at radius 2 is 1.85 bits per heavy atom. The van der Waals surface area contributed by atoms with Crippen molar-refractivity contribution < 1.29 is 19.0 Å². The number of amides is 1. The van der Waals surface area contributed by atoms with E-state index in [9.17, 15) is 4.79 Å². The summed E-state index contributed by atoms with van der Waals surface area (Å²) in [7, 11) is 3.15. The van der Waals surface area contributed by atoms with Crippen molar-refractivity contribution in [3.8, 4) is 11.5 Å². The molecular formula is C24H28ClN3O4S. The van der Waals surface area contributed by atoms with Gasteiger partial charge in [0.15, 0.2) is 5.13 Å². The van der Waals surface area contributed by atoms with Crippen molar-refractivity contribution in [1.82, 2.24) is 9.88 Å². The second-order valence-corrected chi connectivity index (χ2v) is 9.38. The van der Waals surface area contributed by atoms with E-state index >= 15 is 0 Å². The SMILES string of the molecule is COc1cc(OC)cc(C(=O)N(CCCN2CCOCC2)c2nc3c(C)cc(Cl)cc3s2)c1. The molecule has 0 N–H and O–H groups in total. The first kappa shape index (κ1) is 23.8. The van der Waals surface area contributed by atoms with Crippen LogP contribution in [0.2, 0.25) is 5.02 Å². The predicted molar refractivity (Wildman–Crippen MR) is 132 cm³/mol. The number of methoxy groups -OCH3 is 2. The number of hydrogen-bond donors (Lipinski definition) is 0. The van der Waals surface area contributed by atoms with Crippen LogP contribution in [0, 0.1) is 6.92 Å². The number of rotatable bonds is 8. The Hall–Kier alpha value is -2.39. The van der Waals surface area contributed by atoms with Crippen molar-refractivity contribution in [3.05, 3.63) is 46.5 Å². The number of thiazole rings is 1. The molecule has 2 heterocycles. The van der Waals surface area contributed by atoms with Crippen LogP contribution in [0.1, 0.15) is 22.3 Å². The summed E-state index contributed by atoms with van der Waals surface area (Å²) in [4.78, 5) is 22.7. The number of anilines is 1. The Morgan fingerprint density at radius 1 is 1.15 bits per heavy atom. The minimum atomic E-state index is -0.142. The fourth-order valence-corrected chi connectivity index (χ4v) is 5.35. The van der Waals surface area contributed by atoms with Crippen molar-refractivity contribution >= 4 is 44.2 Å². The molecule has 176 valence electrons. The maximum Gasteiger partial charge on any atom is 0.260 e. The summed E-state index contributed by atoms with van der Waals surface area (Å²) < 4.78 is 17.2. The molecular weight excluding hydrogens is 462 g/mol. The number of hydrogen-bond acceptors (Lipinski definition) is 7. The van der Waals surface area contributed by atoms with Gasteiger partial charge in [0.25, 0.3) is 5.91 Å². The minimum Gasteiger partial charge on any atom is -0.497 e. The van der Waals surface area contributed by atoms with Crippen molar-refractivity contribution in [3.63, 3.8) is 0 Å². The van der Waals surface area contributed by atoms with Gasteiger partial charge in [-0.15, -0.1) is 0 Å². The van der Waals surface area contributed by atoms with Gasteiger partial charge in [-0.1, -0.05) is 22.9 Å². The maximum atomic E-state index is 13.7. The molecule has 1 aliphatic rings. The van der Waals surface area contributed by atoms with E-state index < -0.39 is 0 Å². The van der Waals surface area contributed by atoms with Gasteiger partial charge in [-0.25, -0.2) is 4.98 Å². The number of fused-ring (bicyclic) bond motifs is 1. The lowest BCUT2D eigenvalue weighted by Crippen LogP contribution is -2.39. The summed E-state index contributed by atoms with van der Waals surface area (Å²) in [5.41, 5.74) is 2.35. The second-order valence-electron chi connectivity index (χ2n) is 7.93. The van der Waals surface area contributed by atoms with E-state index in [0.29, 0.717) is 33.8 Å². The maximum absolute atomic E-state index is 13.7. The lowest BCUT2D eigenvalue weighted by molar-refractivity contribution is 0.0376. The summed E-state index contributed by atoms with van der Waals surface area (Å²) in [5.74, 6) is 0.993. The first-order valence-corrected chi connectivity index (χ1v) is 12.1. The van der Waals surface area contributed by atoms with Crippen LogP contribution in [-0.4, -0.2) is 69.4 Å². The molecule has 0 atom stereocenters. The number of carbonyl (C=O) groups is 1. The van der Waals surface area contributed by atoms with Gasteiger partial charge in [0.05, 0.1) is 37.6 Å². The Morgan fingerprint density at radius 3 is 2.52 bits per heavy atom. The van der Waals surface area contributed by atoms with E-state index in [-0.39, 0.29) is 5.91 Å². The number of carbonyl (C=O) groups excluding carboxylic acids is 1. The molecule has 1 fully saturated rings. The Labute approximate surface area is 202 Å². The zero-order valence-electron chi connectivity index (χ0n) is 19.1. The van der Waals surface area contributed by atoms with Crippen LogP contribution in [0.3, 0.4) is 0 Å². The third-order valence-corrected chi connectivity index (χ3v) is 6.92. The van der Waals surface area contributed by atoms with Gasteiger partial charge >= 0.3 is 0 Å². The van der Waals surface area contributed by atoms with Gasteiger partial charge in [-0.05, 0) is 43.2 Å². The largest absolute Gasteiger partial charge is 0.497 e. The minimum absolute atomic E-state index is 0.142. The van der Waals surface area contributed by atoms with Crippen molar-refractivity contribution in [2.24, 2.45) is 0 Å². The van der Waals surface area contributed by atoms with Crippen LogP contribution in [0.25, 0.3) is 10.2 Å². The van der Waals surface area contributed by atoms with Gasteiger partial charge in [0, 0.05) is 42.8 Å². The van der Waals surface area contributed by atoms with Crippen LogP contribution in [0.4, 0.5) is 5.13 Å². The smallest absolute Gasteiger partial charge is 0.260 e. The molecule has 33 heavy (non-hydrogen) atoms. The fourth-order valence-electron chi connectivity index (χ4n) is 3.91. The number of nitrogens with zero attached hydrogens (tertiary/aromatic N) is 3. The lowest BCUT2D eigenvalue weighted by atomic mass is 10.1. The third-order valence-electron chi connectivity index (χ3n) is 5.67. The standard InChI is InChI=1S/C24H28ClN3O4S/c1-16-11-18(25)14-21-22(16)26-24(33-21)28(6-4-5-27-7-9-32-10-8-27)23(29)17-12-19(30-2)15-20(13-17)31-3/h11-15H,4-10H2,1-3H3. The summed E-state index contributed by atoms with van der Waals surface area (Å²) in [6, 6.07) is 9.01. The highest BCUT2D eigenvalue weighted by Gasteiger charge is 2.23. The Bertz CT molecular complexity index is 1110. The molecule has 0 saturated carbocycles. The second kappa shape index (κ2) is 10.7. The quantitative estimate of drug-likeness (QED) is 0.459. The highest BCUT2D eigenvalue weighted by molar-refractivity contribution is 7.22. The number of ether oxygens (including phenoxy) is 3. The molecule has 1 saturated heterocycles. The fraction of sp³-hybridized carbons (Fsp3) is 0.417. The van der Waals surface area contributed by atoms with E-state index in [0.717, 1.165) is 55.0 Å². The molecule has 7 nitrogen and oxygen atoms in total. The Balaban J connectivity index is 1.65. The monoisotopic (exact) mass is 489 g/mol. The van der Waals surface area contributed by atoms with Crippen molar-refractivity contribution in [1.29, 1.82) is 0 Å². The average molecular weight is 490 g/mol. The van der Waals surface area contributed by atoms with Crippen molar-refractivity contribution in [2.45, 2.75) is 13.3 Å². The zero-order chi connectivity index (χ0) is 23.4. The summed E-state index contributed by atoms with van der Waals surface area (Å²) in [6.07, 6.45) is 0.822. The summed E-state index contributed by atoms with van der Waals surface area (Å²) >= 11 is 7.74. The van der Waals surface area contributed by atoms with Gasteiger partial charge in [0.2, 0.25) is 0 Å². The molecule has 0 spiro atoms. The molecule has 9 heteroatoms. The number of benzene rings is 2. The molecule has 1 aromatic heterocycles. The Kier molecular flexibility index (Phi) is 7.70. The highest BCUT2D eigenvalue weighted by atomic mass is 35.5. The van der Waals surface area contributed by atoms with E-state index in [4.69, 9.17) is 30.8 Å². The molecule has 4 rings (SSSR count). The van der Waals surface area contributed by atoms with Crippen LogP contribution in [0.5, 0.6) is 11.5 Å². The molecule has 1 aliphatic heterocycles. The number of halogens is 1. The first-order valence-electron chi connectivity index (χ1n) is 10.9. The van der Waals surface area contributed by atoms with Gasteiger partial charge in [-0.2, -0.15) is 0 Å². The number of aromatic nitrogens is 1. The van der Waals surface area contributed by atoms with E-state index in [1.54, 1.807) is 37.3 Å². The molecule has 1 amide bonds. The van der Waals surface area contributed by atoms with Gasteiger partial charge in [0.1, 0.15) is 11.5 Å². The van der Waals surface area contributed by atoms with Crippen molar-refractivity contribution in [2.75, 3.05) is 58.5 Å². The summed E-state index contributed by atoms with van der Waals surface area (Å²) in [5, 5.41) is 1.32. The van der Waals surface area contributed by atoms with Crippen LogP contribution in [-0.2, 0) is 4.74 Å². The van der Waals surface area contributed by atoms with Crippen LogP contribution >= 0.6 is 22.9 Å². The number of aryl methyl sites for hydroxylation is 1. The average Bonchev–Trinajstić information content (AvgIpc) is 3.25. The van der Waals surface area contributed by atoms with E-state index in [1.165, 1.54) is 11.3 Å². The summed E-state index contributed by atoms with van der Waals surface area (Å²) in [6.45, 7) is 6.76. The normalized spacial score (nSPS) is 14.4. The lowest BCUT2D eigenvalue weighted by Gasteiger charge is -2.27. The molecule has 0 aliphatic carbocycles. The zero-order valence-corrected chi connectivity index (χ0v) is 20.7. The topological polar surface area (TPSA) is 64.1 Å².